The number of rotatable bonds is 5. The van der Waals surface area contributed by atoms with E-state index in [1.807, 2.05) is 57.2 Å². The fourth-order valence-electron chi connectivity index (χ4n) is 2.09. The third kappa shape index (κ3) is 4.81. The molecular weight excluding hydrogens is 276 g/mol. The number of anilines is 1. The summed E-state index contributed by atoms with van der Waals surface area (Å²) < 4.78 is 5.69. The number of aryl methyl sites for hydroxylation is 3. The van der Waals surface area contributed by atoms with Gasteiger partial charge in [0, 0.05) is 5.69 Å². The van der Waals surface area contributed by atoms with Gasteiger partial charge in [0.05, 0.1) is 6.54 Å². The van der Waals surface area contributed by atoms with Crippen LogP contribution in [0.5, 0.6) is 5.75 Å². The Hall–Kier alpha value is -2.49. The van der Waals surface area contributed by atoms with Crippen LogP contribution in [0.2, 0.25) is 0 Å². The molecule has 4 heteroatoms. The normalized spacial score (nSPS) is 10.1. The fourth-order valence-corrected chi connectivity index (χ4v) is 2.09. The van der Waals surface area contributed by atoms with Crippen LogP contribution < -0.4 is 15.4 Å². The van der Waals surface area contributed by atoms with E-state index in [0.29, 0.717) is 13.2 Å². The second-order valence-corrected chi connectivity index (χ2v) is 5.37. The molecule has 4 nitrogen and oxygen atoms in total. The SMILES string of the molecule is Cc1cccc(NC(=O)NCCOc2cc(C)ccc2C)c1. The lowest BCUT2D eigenvalue weighted by atomic mass is 10.1. The van der Waals surface area contributed by atoms with E-state index in [1.54, 1.807) is 0 Å². The van der Waals surface area contributed by atoms with Crippen LogP contribution in [0.3, 0.4) is 0 Å². The predicted octanol–water partition coefficient (Wildman–Crippen LogP) is 3.81. The van der Waals surface area contributed by atoms with Crippen molar-refractivity contribution in [1.82, 2.24) is 5.32 Å². The molecule has 2 aromatic rings. The van der Waals surface area contributed by atoms with Crippen molar-refractivity contribution in [3.63, 3.8) is 0 Å². The van der Waals surface area contributed by atoms with E-state index in [4.69, 9.17) is 4.74 Å². The van der Waals surface area contributed by atoms with Gasteiger partial charge < -0.3 is 15.4 Å². The van der Waals surface area contributed by atoms with Crippen molar-refractivity contribution in [1.29, 1.82) is 0 Å². The maximum atomic E-state index is 11.8. The van der Waals surface area contributed by atoms with Gasteiger partial charge in [0.15, 0.2) is 0 Å². The summed E-state index contributed by atoms with van der Waals surface area (Å²) in [6.07, 6.45) is 0. The number of carbonyl (C=O) groups excluding carboxylic acids is 1. The zero-order chi connectivity index (χ0) is 15.9. The Bertz CT molecular complexity index is 653. The summed E-state index contributed by atoms with van der Waals surface area (Å²) in [5.74, 6) is 0.862. The molecule has 0 radical (unpaired) electrons. The van der Waals surface area contributed by atoms with E-state index in [9.17, 15) is 4.79 Å². The standard InChI is InChI=1S/C18H22N2O2/c1-13-5-4-6-16(11-13)20-18(21)19-9-10-22-17-12-14(2)7-8-15(17)3/h4-8,11-12H,9-10H2,1-3H3,(H2,19,20,21). The number of carbonyl (C=O) groups is 1. The molecule has 0 aliphatic carbocycles. The minimum Gasteiger partial charge on any atom is -0.491 e. The highest BCUT2D eigenvalue weighted by Crippen LogP contribution is 2.18. The van der Waals surface area contributed by atoms with Crippen LogP contribution in [0.4, 0.5) is 10.5 Å². The maximum absolute atomic E-state index is 11.8. The third-order valence-electron chi connectivity index (χ3n) is 3.26. The minimum atomic E-state index is -0.227. The molecule has 0 bridgehead atoms. The Morgan fingerprint density at radius 1 is 1.05 bits per heavy atom. The van der Waals surface area contributed by atoms with Crippen molar-refractivity contribution >= 4 is 11.7 Å². The summed E-state index contributed by atoms with van der Waals surface area (Å²) in [5, 5.41) is 5.58. The van der Waals surface area contributed by atoms with Crippen LogP contribution >= 0.6 is 0 Å². The van der Waals surface area contributed by atoms with E-state index in [-0.39, 0.29) is 6.03 Å². The molecule has 2 N–H and O–H groups in total. The zero-order valence-corrected chi connectivity index (χ0v) is 13.3. The Labute approximate surface area is 131 Å². The van der Waals surface area contributed by atoms with Gasteiger partial charge in [0.25, 0.3) is 0 Å². The van der Waals surface area contributed by atoms with Crippen LogP contribution in [0, 0.1) is 20.8 Å². The Balaban J connectivity index is 1.74. The molecule has 0 saturated carbocycles. The van der Waals surface area contributed by atoms with Crippen LogP contribution in [-0.4, -0.2) is 19.2 Å². The summed E-state index contributed by atoms with van der Waals surface area (Å²) >= 11 is 0. The van der Waals surface area contributed by atoms with Crippen molar-refractivity contribution in [3.05, 3.63) is 59.2 Å². The molecule has 0 aliphatic rings. The largest absolute Gasteiger partial charge is 0.491 e. The predicted molar refractivity (Wildman–Crippen MR) is 89.6 cm³/mol. The highest BCUT2D eigenvalue weighted by atomic mass is 16.5. The summed E-state index contributed by atoms with van der Waals surface area (Å²) in [6.45, 7) is 6.91. The second kappa shape index (κ2) is 7.50. The molecule has 0 aromatic heterocycles. The lowest BCUT2D eigenvalue weighted by Crippen LogP contribution is -2.32. The molecule has 2 amide bonds. The average Bonchev–Trinajstić information content (AvgIpc) is 2.47. The molecule has 0 atom stereocenters. The average molecular weight is 298 g/mol. The van der Waals surface area contributed by atoms with Gasteiger partial charge in [-0.15, -0.1) is 0 Å². The molecular formula is C18H22N2O2. The van der Waals surface area contributed by atoms with Gasteiger partial charge in [-0.1, -0.05) is 24.3 Å². The third-order valence-corrected chi connectivity index (χ3v) is 3.26. The quantitative estimate of drug-likeness (QED) is 0.825. The lowest BCUT2D eigenvalue weighted by Gasteiger charge is -2.11. The molecule has 2 aromatic carbocycles. The minimum absolute atomic E-state index is 0.227. The van der Waals surface area contributed by atoms with Crippen molar-refractivity contribution < 1.29 is 9.53 Å². The highest BCUT2D eigenvalue weighted by molar-refractivity contribution is 5.89. The Morgan fingerprint density at radius 2 is 1.82 bits per heavy atom. The van der Waals surface area contributed by atoms with Crippen LogP contribution in [0.25, 0.3) is 0 Å². The number of nitrogens with one attached hydrogen (secondary N) is 2. The number of amides is 2. The highest BCUT2D eigenvalue weighted by Gasteiger charge is 2.03. The topological polar surface area (TPSA) is 50.4 Å². The lowest BCUT2D eigenvalue weighted by molar-refractivity contribution is 0.247. The summed E-state index contributed by atoms with van der Waals surface area (Å²) in [5.41, 5.74) is 4.14. The molecule has 0 spiro atoms. The van der Waals surface area contributed by atoms with Gasteiger partial charge in [-0.25, -0.2) is 4.79 Å². The summed E-state index contributed by atoms with van der Waals surface area (Å²) in [4.78, 5) is 11.8. The molecule has 22 heavy (non-hydrogen) atoms. The molecule has 0 saturated heterocycles. The van der Waals surface area contributed by atoms with E-state index < -0.39 is 0 Å². The van der Waals surface area contributed by atoms with Crippen LogP contribution in [0.1, 0.15) is 16.7 Å². The van der Waals surface area contributed by atoms with Gasteiger partial charge in [0.2, 0.25) is 0 Å². The van der Waals surface area contributed by atoms with Gasteiger partial charge in [0.1, 0.15) is 12.4 Å². The number of ether oxygens (including phenoxy) is 1. The molecule has 116 valence electrons. The molecule has 0 fully saturated rings. The van der Waals surface area contributed by atoms with E-state index in [2.05, 4.69) is 16.7 Å². The molecule has 0 heterocycles. The van der Waals surface area contributed by atoms with Crippen molar-refractivity contribution in [2.75, 3.05) is 18.5 Å². The molecule has 0 aliphatic heterocycles. The first-order chi connectivity index (χ1) is 10.5. The first-order valence-corrected chi connectivity index (χ1v) is 7.36. The smallest absolute Gasteiger partial charge is 0.319 e. The van der Waals surface area contributed by atoms with E-state index in [0.717, 1.165) is 28.1 Å². The number of benzene rings is 2. The fraction of sp³-hybridized carbons (Fsp3) is 0.278. The van der Waals surface area contributed by atoms with Gasteiger partial charge in [-0.2, -0.15) is 0 Å². The number of urea groups is 1. The van der Waals surface area contributed by atoms with Crippen molar-refractivity contribution in [2.45, 2.75) is 20.8 Å². The van der Waals surface area contributed by atoms with Gasteiger partial charge in [-0.3, -0.25) is 0 Å². The Kier molecular flexibility index (Phi) is 5.42. The molecule has 2 rings (SSSR count). The maximum Gasteiger partial charge on any atom is 0.319 e. The summed E-state index contributed by atoms with van der Waals surface area (Å²) in [7, 11) is 0. The van der Waals surface area contributed by atoms with Crippen LogP contribution in [-0.2, 0) is 0 Å². The number of hydrogen-bond donors (Lipinski definition) is 2. The van der Waals surface area contributed by atoms with Crippen molar-refractivity contribution in [3.8, 4) is 5.75 Å². The number of hydrogen-bond acceptors (Lipinski definition) is 2. The van der Waals surface area contributed by atoms with Gasteiger partial charge in [-0.05, 0) is 55.7 Å². The first-order valence-electron chi connectivity index (χ1n) is 7.36. The van der Waals surface area contributed by atoms with Crippen molar-refractivity contribution in [2.24, 2.45) is 0 Å². The zero-order valence-electron chi connectivity index (χ0n) is 13.3. The molecule has 0 unspecified atom stereocenters. The van der Waals surface area contributed by atoms with Crippen LogP contribution in [0.15, 0.2) is 42.5 Å². The summed E-state index contributed by atoms with van der Waals surface area (Å²) in [6, 6.07) is 13.5. The monoisotopic (exact) mass is 298 g/mol. The van der Waals surface area contributed by atoms with E-state index >= 15 is 0 Å². The first kappa shape index (κ1) is 15.9. The Morgan fingerprint density at radius 3 is 2.59 bits per heavy atom. The van der Waals surface area contributed by atoms with E-state index in [1.165, 1.54) is 0 Å². The van der Waals surface area contributed by atoms with Gasteiger partial charge >= 0.3 is 6.03 Å². The second-order valence-electron chi connectivity index (χ2n) is 5.37.